The number of aryl methyl sites for hydroxylation is 1. The van der Waals surface area contributed by atoms with Gasteiger partial charge in [-0.2, -0.15) is 0 Å². The van der Waals surface area contributed by atoms with Gasteiger partial charge >= 0.3 is 0 Å². The second-order valence-electron chi connectivity index (χ2n) is 5.61. The van der Waals surface area contributed by atoms with Gasteiger partial charge in [-0.3, -0.25) is 0 Å². The summed E-state index contributed by atoms with van der Waals surface area (Å²) in [6, 6.07) is 5.71. The zero-order valence-corrected chi connectivity index (χ0v) is 11.3. The van der Waals surface area contributed by atoms with E-state index < -0.39 is 0 Å². The Hall–Kier alpha value is -1.35. The molecule has 1 aromatic heterocycles. The summed E-state index contributed by atoms with van der Waals surface area (Å²) in [4.78, 5) is 4.52. The van der Waals surface area contributed by atoms with Gasteiger partial charge in [0.2, 0.25) is 0 Å². The van der Waals surface area contributed by atoms with Crippen molar-refractivity contribution >= 4 is 11.1 Å². The molecule has 19 heavy (non-hydrogen) atoms. The summed E-state index contributed by atoms with van der Waals surface area (Å²) < 4.78 is 5.78. The highest BCUT2D eigenvalue weighted by Gasteiger charge is 2.15. The first-order valence-electron chi connectivity index (χ1n) is 7.34. The molecule has 3 nitrogen and oxygen atoms in total. The largest absolute Gasteiger partial charge is 0.441 e. The third-order valence-corrected chi connectivity index (χ3v) is 4.17. The Bertz CT molecular complexity index is 541. The van der Waals surface area contributed by atoms with Crippen LogP contribution < -0.4 is 0 Å². The van der Waals surface area contributed by atoms with Gasteiger partial charge in [0.25, 0.3) is 0 Å². The van der Waals surface area contributed by atoms with E-state index >= 15 is 0 Å². The van der Waals surface area contributed by atoms with Gasteiger partial charge in [0.15, 0.2) is 11.5 Å². The van der Waals surface area contributed by atoms with Crippen molar-refractivity contribution in [2.75, 3.05) is 0 Å². The van der Waals surface area contributed by atoms with Crippen LogP contribution in [0.4, 0.5) is 0 Å². The summed E-state index contributed by atoms with van der Waals surface area (Å²) in [5.74, 6) is 1.70. The van der Waals surface area contributed by atoms with E-state index in [1.54, 1.807) is 0 Å². The quantitative estimate of drug-likeness (QED) is 0.907. The summed E-state index contributed by atoms with van der Waals surface area (Å²) in [7, 11) is 0. The van der Waals surface area contributed by atoms with Crippen molar-refractivity contribution in [3.63, 3.8) is 0 Å². The predicted octanol–water partition coefficient (Wildman–Crippen LogP) is 3.83. The topological polar surface area (TPSA) is 46.3 Å². The lowest BCUT2D eigenvalue weighted by Crippen LogP contribution is -2.07. The SMILES string of the molecule is OCc1ccc2nc(CCC3CCCCC3)oc2c1. The fourth-order valence-electron chi connectivity index (χ4n) is 3.03. The van der Waals surface area contributed by atoms with E-state index in [2.05, 4.69) is 4.98 Å². The van der Waals surface area contributed by atoms with Crippen LogP contribution in [0.15, 0.2) is 22.6 Å². The maximum atomic E-state index is 9.12. The smallest absolute Gasteiger partial charge is 0.195 e. The van der Waals surface area contributed by atoms with Crippen LogP contribution in [-0.4, -0.2) is 10.1 Å². The number of oxazole rings is 1. The molecule has 1 heterocycles. The van der Waals surface area contributed by atoms with Crippen molar-refractivity contribution < 1.29 is 9.52 Å². The lowest BCUT2D eigenvalue weighted by molar-refractivity contribution is 0.282. The van der Waals surface area contributed by atoms with Crippen LogP contribution in [0.5, 0.6) is 0 Å². The van der Waals surface area contributed by atoms with Crippen LogP contribution >= 0.6 is 0 Å². The Kier molecular flexibility index (Phi) is 3.83. The number of benzene rings is 1. The molecule has 1 saturated carbocycles. The van der Waals surface area contributed by atoms with Crippen molar-refractivity contribution in [2.24, 2.45) is 5.92 Å². The fourth-order valence-corrected chi connectivity index (χ4v) is 3.03. The molecule has 1 aliphatic rings. The minimum atomic E-state index is 0.0497. The number of hydrogen-bond donors (Lipinski definition) is 1. The molecule has 1 aromatic carbocycles. The molecule has 0 bridgehead atoms. The zero-order chi connectivity index (χ0) is 13.1. The Morgan fingerprint density at radius 3 is 2.84 bits per heavy atom. The number of hydrogen-bond acceptors (Lipinski definition) is 3. The van der Waals surface area contributed by atoms with E-state index in [0.717, 1.165) is 34.9 Å². The van der Waals surface area contributed by atoms with Crippen molar-refractivity contribution in [1.29, 1.82) is 0 Å². The van der Waals surface area contributed by atoms with E-state index in [-0.39, 0.29) is 6.61 Å². The Balaban J connectivity index is 1.67. The fraction of sp³-hybridized carbons (Fsp3) is 0.562. The summed E-state index contributed by atoms with van der Waals surface area (Å²) >= 11 is 0. The molecule has 0 unspecified atom stereocenters. The van der Waals surface area contributed by atoms with E-state index in [9.17, 15) is 0 Å². The monoisotopic (exact) mass is 259 g/mol. The minimum Gasteiger partial charge on any atom is -0.441 e. The third-order valence-electron chi connectivity index (χ3n) is 4.17. The molecule has 1 N–H and O–H groups in total. The molecule has 2 aromatic rings. The standard InChI is InChI=1S/C16H21NO2/c18-11-13-6-8-14-15(10-13)19-16(17-14)9-7-12-4-2-1-3-5-12/h6,8,10,12,18H,1-5,7,9,11H2. The highest BCUT2D eigenvalue weighted by Crippen LogP contribution is 2.28. The molecule has 0 spiro atoms. The van der Waals surface area contributed by atoms with Crippen molar-refractivity contribution in [2.45, 2.75) is 51.6 Å². The first-order valence-corrected chi connectivity index (χ1v) is 7.34. The number of aliphatic hydroxyl groups is 1. The number of nitrogens with zero attached hydrogens (tertiary/aromatic N) is 1. The molecule has 0 atom stereocenters. The maximum Gasteiger partial charge on any atom is 0.195 e. The van der Waals surface area contributed by atoms with E-state index in [1.165, 1.54) is 38.5 Å². The van der Waals surface area contributed by atoms with Crippen LogP contribution in [0.25, 0.3) is 11.1 Å². The van der Waals surface area contributed by atoms with Gasteiger partial charge in [-0.05, 0) is 30.0 Å². The first-order chi connectivity index (χ1) is 9.35. The summed E-state index contributed by atoms with van der Waals surface area (Å²) in [6.07, 6.45) is 9.05. The Morgan fingerprint density at radius 2 is 2.05 bits per heavy atom. The van der Waals surface area contributed by atoms with Gasteiger partial charge in [0.05, 0.1) is 6.61 Å². The molecule has 102 valence electrons. The lowest BCUT2D eigenvalue weighted by Gasteiger charge is -2.20. The normalized spacial score (nSPS) is 17.1. The molecular weight excluding hydrogens is 238 g/mol. The predicted molar refractivity (Wildman–Crippen MR) is 74.8 cm³/mol. The van der Waals surface area contributed by atoms with Crippen LogP contribution in [0.1, 0.15) is 50.0 Å². The van der Waals surface area contributed by atoms with Crippen molar-refractivity contribution in [1.82, 2.24) is 4.98 Å². The highest BCUT2D eigenvalue weighted by molar-refractivity contribution is 5.73. The van der Waals surface area contributed by atoms with E-state index in [0.29, 0.717) is 0 Å². The van der Waals surface area contributed by atoms with Crippen molar-refractivity contribution in [3.8, 4) is 0 Å². The average Bonchev–Trinajstić information content (AvgIpc) is 2.88. The third kappa shape index (κ3) is 2.98. The zero-order valence-electron chi connectivity index (χ0n) is 11.3. The van der Waals surface area contributed by atoms with Gasteiger partial charge in [0.1, 0.15) is 5.52 Å². The summed E-state index contributed by atoms with van der Waals surface area (Å²) in [5.41, 5.74) is 2.57. The number of aliphatic hydroxyl groups excluding tert-OH is 1. The molecule has 0 saturated heterocycles. The molecule has 3 heteroatoms. The molecule has 0 amide bonds. The van der Waals surface area contributed by atoms with Crippen LogP contribution in [-0.2, 0) is 13.0 Å². The molecule has 0 radical (unpaired) electrons. The molecule has 3 rings (SSSR count). The Morgan fingerprint density at radius 1 is 1.21 bits per heavy atom. The number of fused-ring (bicyclic) bond motifs is 1. The lowest BCUT2D eigenvalue weighted by atomic mass is 9.86. The van der Waals surface area contributed by atoms with Crippen LogP contribution in [0.3, 0.4) is 0 Å². The Labute approximate surface area is 113 Å². The summed E-state index contributed by atoms with van der Waals surface area (Å²) in [5, 5.41) is 9.12. The first kappa shape index (κ1) is 12.7. The highest BCUT2D eigenvalue weighted by atomic mass is 16.3. The maximum absolute atomic E-state index is 9.12. The second kappa shape index (κ2) is 5.74. The van der Waals surface area contributed by atoms with Crippen LogP contribution in [0.2, 0.25) is 0 Å². The van der Waals surface area contributed by atoms with Gasteiger partial charge < -0.3 is 9.52 Å². The molecule has 1 aliphatic carbocycles. The van der Waals surface area contributed by atoms with Gasteiger partial charge in [-0.1, -0.05) is 38.2 Å². The molecule has 1 fully saturated rings. The van der Waals surface area contributed by atoms with Crippen molar-refractivity contribution in [3.05, 3.63) is 29.7 Å². The van der Waals surface area contributed by atoms with Gasteiger partial charge in [0, 0.05) is 6.42 Å². The molecule has 0 aliphatic heterocycles. The minimum absolute atomic E-state index is 0.0497. The number of aromatic nitrogens is 1. The average molecular weight is 259 g/mol. The molecular formula is C16H21NO2. The van der Waals surface area contributed by atoms with Gasteiger partial charge in [-0.25, -0.2) is 4.98 Å². The second-order valence-corrected chi connectivity index (χ2v) is 5.61. The van der Waals surface area contributed by atoms with Crippen LogP contribution in [0, 0.1) is 5.92 Å². The van der Waals surface area contributed by atoms with E-state index in [1.807, 2.05) is 18.2 Å². The number of rotatable bonds is 4. The van der Waals surface area contributed by atoms with Gasteiger partial charge in [-0.15, -0.1) is 0 Å². The van der Waals surface area contributed by atoms with E-state index in [4.69, 9.17) is 9.52 Å². The summed E-state index contributed by atoms with van der Waals surface area (Å²) in [6.45, 7) is 0.0497.